The summed E-state index contributed by atoms with van der Waals surface area (Å²) in [5.41, 5.74) is -0.0769. The normalized spacial score (nSPS) is 11.4. The topological polar surface area (TPSA) is 60.3 Å². The van der Waals surface area contributed by atoms with Gasteiger partial charge < -0.3 is 10.1 Å². The molecule has 31 heavy (non-hydrogen) atoms. The second-order valence-corrected chi connectivity index (χ2v) is 7.58. The Morgan fingerprint density at radius 2 is 1.87 bits per heavy atom. The van der Waals surface area contributed by atoms with Crippen molar-refractivity contribution in [1.29, 1.82) is 0 Å². The van der Waals surface area contributed by atoms with Crippen molar-refractivity contribution in [1.82, 2.24) is 9.88 Å². The molecule has 0 aliphatic carbocycles. The van der Waals surface area contributed by atoms with Crippen molar-refractivity contribution in [3.8, 4) is 5.75 Å². The molecule has 164 valence electrons. The van der Waals surface area contributed by atoms with Crippen molar-refractivity contribution in [3.05, 3.63) is 85.7 Å². The van der Waals surface area contributed by atoms with Crippen LogP contribution in [0.2, 0.25) is 0 Å². The van der Waals surface area contributed by atoms with Gasteiger partial charge in [0.1, 0.15) is 23.1 Å². The molecule has 1 amide bonds. The number of thiazole rings is 1. The van der Waals surface area contributed by atoms with Crippen molar-refractivity contribution < 1.29 is 27.1 Å². The summed E-state index contributed by atoms with van der Waals surface area (Å²) in [6, 6.07) is 10.1. The predicted octanol–water partition coefficient (Wildman–Crippen LogP) is 4.39. The summed E-state index contributed by atoms with van der Waals surface area (Å²) >= 11 is 0.750. The number of aromatic nitrogens is 1. The first-order valence-corrected chi connectivity index (χ1v) is 10.00. The molecular weight excluding hydrogens is 436 g/mol. The van der Waals surface area contributed by atoms with E-state index in [1.54, 1.807) is 6.92 Å². The lowest BCUT2D eigenvalue weighted by atomic mass is 10.1. The minimum atomic E-state index is -4.47. The van der Waals surface area contributed by atoms with Gasteiger partial charge in [0.25, 0.3) is 5.91 Å². The minimum Gasteiger partial charge on any atom is -0.492 e. The van der Waals surface area contributed by atoms with E-state index in [4.69, 9.17) is 4.74 Å². The van der Waals surface area contributed by atoms with E-state index < -0.39 is 23.5 Å². The van der Waals surface area contributed by atoms with Gasteiger partial charge in [-0.1, -0.05) is 23.5 Å². The number of benzene rings is 2. The second kappa shape index (κ2) is 9.34. The van der Waals surface area contributed by atoms with E-state index in [1.807, 2.05) is 0 Å². The van der Waals surface area contributed by atoms with Gasteiger partial charge in [0.2, 0.25) is 0 Å². The number of halogens is 4. The van der Waals surface area contributed by atoms with E-state index >= 15 is 0 Å². The number of nitrogens with one attached hydrogen (secondary N) is 1. The highest BCUT2D eigenvalue weighted by Gasteiger charge is 2.30. The van der Waals surface area contributed by atoms with Crippen LogP contribution in [0, 0.1) is 12.7 Å². The molecule has 5 nitrogen and oxygen atoms in total. The van der Waals surface area contributed by atoms with E-state index in [0.717, 1.165) is 23.5 Å². The molecule has 0 saturated carbocycles. The maximum absolute atomic E-state index is 12.9. The second-order valence-electron chi connectivity index (χ2n) is 6.62. The zero-order valence-electron chi connectivity index (χ0n) is 16.3. The van der Waals surface area contributed by atoms with Crippen LogP contribution < -0.4 is 14.9 Å². The largest absolute Gasteiger partial charge is 0.492 e. The van der Waals surface area contributed by atoms with Gasteiger partial charge in [-0.05, 0) is 48.9 Å². The lowest BCUT2D eigenvalue weighted by Gasteiger charge is -2.10. The van der Waals surface area contributed by atoms with Crippen LogP contribution in [-0.4, -0.2) is 17.1 Å². The van der Waals surface area contributed by atoms with Crippen molar-refractivity contribution >= 4 is 17.2 Å². The smallest absolute Gasteiger partial charge is 0.416 e. The summed E-state index contributed by atoms with van der Waals surface area (Å²) < 4.78 is 58.2. The van der Waals surface area contributed by atoms with Gasteiger partial charge >= 0.3 is 11.0 Å². The Balaban J connectivity index is 1.62. The fourth-order valence-electron chi connectivity index (χ4n) is 2.85. The maximum atomic E-state index is 12.9. The Morgan fingerprint density at radius 1 is 1.16 bits per heavy atom. The first kappa shape index (κ1) is 22.5. The molecule has 10 heteroatoms. The van der Waals surface area contributed by atoms with Crippen molar-refractivity contribution in [3.63, 3.8) is 0 Å². The maximum Gasteiger partial charge on any atom is 0.416 e. The SMILES string of the molecule is Cc1c(C(=O)NCc2cccc(C(F)(F)F)c2)sc(=O)n1CCOc1ccc(F)cc1. The van der Waals surface area contributed by atoms with E-state index in [0.29, 0.717) is 17.0 Å². The molecule has 0 aliphatic rings. The van der Waals surface area contributed by atoms with Crippen molar-refractivity contribution in [2.24, 2.45) is 0 Å². The molecule has 1 N–H and O–H groups in total. The number of nitrogens with zero attached hydrogens (tertiary/aromatic N) is 1. The Bertz CT molecular complexity index is 1120. The van der Waals surface area contributed by atoms with Gasteiger partial charge in [-0.25, -0.2) is 4.39 Å². The number of hydrogen-bond donors (Lipinski definition) is 1. The number of rotatable bonds is 7. The summed E-state index contributed by atoms with van der Waals surface area (Å²) in [4.78, 5) is 24.5. The average molecular weight is 454 g/mol. The molecular formula is C21H18F4N2O3S. The van der Waals surface area contributed by atoms with E-state index in [1.165, 1.54) is 41.0 Å². The molecule has 0 atom stereocenters. The molecule has 0 unspecified atom stereocenters. The molecule has 1 aromatic heterocycles. The lowest BCUT2D eigenvalue weighted by molar-refractivity contribution is -0.137. The number of amides is 1. The van der Waals surface area contributed by atoms with E-state index in [2.05, 4.69) is 5.32 Å². The summed E-state index contributed by atoms with van der Waals surface area (Å²) in [5, 5.41) is 2.55. The number of carbonyl (C=O) groups excluding carboxylic acids is 1. The average Bonchev–Trinajstić information content (AvgIpc) is 3.01. The standard InChI is InChI=1S/C21H18F4N2O3S/c1-13-18(19(28)26-12-14-3-2-4-15(11-14)21(23,24)25)31-20(29)27(13)9-10-30-17-7-5-16(22)6-8-17/h2-8,11H,9-10,12H2,1H3,(H,26,28). The number of hydrogen-bond acceptors (Lipinski definition) is 4. The number of ether oxygens (including phenoxy) is 1. The summed E-state index contributed by atoms with van der Waals surface area (Å²) in [6.45, 7) is 1.81. The molecule has 0 radical (unpaired) electrons. The Labute approximate surface area is 178 Å². The molecule has 0 bridgehead atoms. The number of carbonyl (C=O) groups is 1. The molecule has 2 aromatic carbocycles. The van der Waals surface area contributed by atoms with E-state index in [-0.39, 0.29) is 29.4 Å². The van der Waals surface area contributed by atoms with Crippen molar-refractivity contribution in [2.75, 3.05) is 6.61 Å². The minimum absolute atomic E-state index is 0.109. The van der Waals surface area contributed by atoms with Gasteiger partial charge in [0, 0.05) is 12.2 Å². The number of alkyl halides is 3. The van der Waals surface area contributed by atoms with Gasteiger partial charge in [0.15, 0.2) is 0 Å². The summed E-state index contributed by atoms with van der Waals surface area (Å²) in [6.07, 6.45) is -4.47. The molecule has 0 fully saturated rings. The Morgan fingerprint density at radius 3 is 2.55 bits per heavy atom. The molecule has 0 aliphatic heterocycles. The monoisotopic (exact) mass is 454 g/mol. The summed E-state index contributed by atoms with van der Waals surface area (Å²) in [5.74, 6) is -0.491. The Kier molecular flexibility index (Phi) is 6.79. The van der Waals surface area contributed by atoms with Crippen LogP contribution in [-0.2, 0) is 19.3 Å². The van der Waals surface area contributed by atoms with Crippen LogP contribution in [0.1, 0.15) is 26.5 Å². The van der Waals surface area contributed by atoms with Crippen molar-refractivity contribution in [2.45, 2.75) is 26.2 Å². The molecule has 3 aromatic rings. The molecule has 0 spiro atoms. The third kappa shape index (κ3) is 5.72. The van der Waals surface area contributed by atoms with Gasteiger partial charge in [-0.15, -0.1) is 0 Å². The van der Waals surface area contributed by atoms with Crippen LogP contribution in [0.25, 0.3) is 0 Å². The zero-order valence-corrected chi connectivity index (χ0v) is 17.1. The van der Waals surface area contributed by atoms with Crippen LogP contribution >= 0.6 is 11.3 Å². The van der Waals surface area contributed by atoms with Crippen LogP contribution in [0.4, 0.5) is 17.6 Å². The van der Waals surface area contributed by atoms with Gasteiger partial charge in [-0.2, -0.15) is 13.2 Å². The first-order chi connectivity index (χ1) is 14.6. The first-order valence-electron chi connectivity index (χ1n) is 9.18. The highest BCUT2D eigenvalue weighted by molar-refractivity contribution is 7.11. The molecule has 0 saturated heterocycles. The molecule has 3 rings (SSSR count). The van der Waals surface area contributed by atoms with Crippen LogP contribution in [0.5, 0.6) is 5.75 Å². The highest BCUT2D eigenvalue weighted by atomic mass is 32.1. The lowest BCUT2D eigenvalue weighted by Crippen LogP contribution is -2.23. The fourth-order valence-corrected chi connectivity index (χ4v) is 3.79. The Hall–Kier alpha value is -3.14. The third-order valence-electron chi connectivity index (χ3n) is 4.45. The highest BCUT2D eigenvalue weighted by Crippen LogP contribution is 2.29. The quantitative estimate of drug-likeness (QED) is 0.539. The zero-order chi connectivity index (χ0) is 22.6. The third-order valence-corrected chi connectivity index (χ3v) is 5.53. The van der Waals surface area contributed by atoms with Crippen LogP contribution in [0.3, 0.4) is 0 Å². The van der Waals surface area contributed by atoms with Gasteiger partial charge in [0.05, 0.1) is 12.1 Å². The summed E-state index contributed by atoms with van der Waals surface area (Å²) in [7, 11) is 0. The predicted molar refractivity (Wildman–Crippen MR) is 108 cm³/mol. The molecule has 1 heterocycles. The fraction of sp³-hybridized carbons (Fsp3) is 0.238. The van der Waals surface area contributed by atoms with Crippen LogP contribution in [0.15, 0.2) is 53.3 Å². The van der Waals surface area contributed by atoms with Gasteiger partial charge in [-0.3, -0.25) is 14.2 Å². The van der Waals surface area contributed by atoms with E-state index in [9.17, 15) is 27.2 Å².